The monoisotopic (exact) mass is 576 g/mol. The number of fused-ring (bicyclic) bond motifs is 8. The summed E-state index contributed by atoms with van der Waals surface area (Å²) in [7, 11) is 0. The molecule has 6 nitrogen and oxygen atoms in total. The van der Waals surface area contributed by atoms with Crippen molar-refractivity contribution in [3.63, 3.8) is 0 Å². The van der Waals surface area contributed by atoms with Crippen LogP contribution in [0, 0.1) is 45.8 Å². The minimum Gasteiger partial charge on any atom is -0.379 e. The first-order valence-electron chi connectivity index (χ1n) is 17.1. The van der Waals surface area contributed by atoms with Gasteiger partial charge in [0.25, 0.3) is 0 Å². The molecular formula is C36H56N4O2. The van der Waals surface area contributed by atoms with Gasteiger partial charge in [-0.3, -0.25) is 14.8 Å². The van der Waals surface area contributed by atoms with Gasteiger partial charge in [-0.1, -0.05) is 46.8 Å². The maximum absolute atomic E-state index is 13.6. The van der Waals surface area contributed by atoms with Crippen LogP contribution in [0.3, 0.4) is 0 Å². The molecule has 0 radical (unpaired) electrons. The van der Waals surface area contributed by atoms with Gasteiger partial charge in [0.05, 0.1) is 26.0 Å². The summed E-state index contributed by atoms with van der Waals surface area (Å²) >= 11 is 0. The van der Waals surface area contributed by atoms with Crippen molar-refractivity contribution >= 4 is 5.91 Å². The Labute approximate surface area is 254 Å². The number of hydrogen-bond acceptors (Lipinski definition) is 4. The van der Waals surface area contributed by atoms with E-state index in [-0.39, 0.29) is 27.7 Å². The average molecular weight is 577 g/mol. The molecule has 1 aliphatic heterocycles. The summed E-state index contributed by atoms with van der Waals surface area (Å²) in [5.41, 5.74) is 5.07. The minimum absolute atomic E-state index is 0.0833. The zero-order valence-electron chi connectivity index (χ0n) is 27.3. The first kappa shape index (κ1) is 29.1. The highest BCUT2D eigenvalue weighted by molar-refractivity contribution is 5.79. The standard InChI is InChI=1S/C36H56N4O2/c1-23(2)25-10-13-36(38-29(41)22-40-16-18-42-19-17-40)15-14-34(6)26(30(25)36)8-9-28-33(5)20-24-21-37-39-31(24)32(3,4)27(33)11-12-35(28,34)7/h21,25-28,30H,1,8-20,22H2,2-7H3,(H,37,39)(H,38,41)/t25-,26+,27-,28+,30+,33-,34+,35+,36-/m0/s1. The van der Waals surface area contributed by atoms with Crippen LogP contribution in [0.2, 0.25) is 0 Å². The number of aromatic nitrogens is 2. The predicted molar refractivity (Wildman–Crippen MR) is 167 cm³/mol. The number of aromatic amines is 1. The van der Waals surface area contributed by atoms with Gasteiger partial charge in [-0.2, -0.15) is 5.10 Å². The Morgan fingerprint density at radius 1 is 1.02 bits per heavy atom. The Balaban J connectivity index is 1.21. The highest BCUT2D eigenvalue weighted by atomic mass is 16.5. The molecule has 9 atom stereocenters. The van der Waals surface area contributed by atoms with Crippen LogP contribution in [0.5, 0.6) is 0 Å². The van der Waals surface area contributed by atoms with Gasteiger partial charge in [0.1, 0.15) is 0 Å². The van der Waals surface area contributed by atoms with Crippen molar-refractivity contribution in [1.29, 1.82) is 0 Å². The van der Waals surface area contributed by atoms with Crippen molar-refractivity contribution in [3.05, 3.63) is 29.6 Å². The lowest BCUT2D eigenvalue weighted by Crippen LogP contribution is -2.69. The maximum atomic E-state index is 13.6. The first-order valence-corrected chi connectivity index (χ1v) is 17.1. The number of amides is 1. The number of allylic oxidation sites excluding steroid dienone is 1. The van der Waals surface area contributed by atoms with Gasteiger partial charge in [0, 0.05) is 29.7 Å². The van der Waals surface area contributed by atoms with Gasteiger partial charge in [-0.05, 0) is 116 Å². The lowest BCUT2D eigenvalue weighted by molar-refractivity contribution is -0.219. The molecule has 5 fully saturated rings. The molecule has 7 rings (SSSR count). The van der Waals surface area contributed by atoms with Crippen LogP contribution < -0.4 is 5.32 Å². The van der Waals surface area contributed by atoms with Gasteiger partial charge < -0.3 is 10.1 Å². The fourth-order valence-electron chi connectivity index (χ4n) is 13.0. The van der Waals surface area contributed by atoms with Crippen LogP contribution in [-0.2, 0) is 21.4 Å². The number of nitrogens with zero attached hydrogens (tertiary/aromatic N) is 2. The van der Waals surface area contributed by atoms with E-state index in [0.29, 0.717) is 41.5 Å². The summed E-state index contributed by atoms with van der Waals surface area (Å²) in [5.74, 6) is 3.23. The van der Waals surface area contributed by atoms with E-state index in [1.54, 1.807) is 0 Å². The van der Waals surface area contributed by atoms with E-state index < -0.39 is 0 Å². The van der Waals surface area contributed by atoms with Crippen LogP contribution >= 0.6 is 0 Å². The summed E-state index contributed by atoms with van der Waals surface area (Å²) in [6.07, 6.45) is 13.1. The number of ether oxygens (including phenoxy) is 1. The Morgan fingerprint density at radius 3 is 2.52 bits per heavy atom. The van der Waals surface area contributed by atoms with Crippen molar-refractivity contribution < 1.29 is 9.53 Å². The van der Waals surface area contributed by atoms with Crippen molar-refractivity contribution in [3.8, 4) is 0 Å². The Bertz CT molecular complexity index is 1250. The highest BCUT2D eigenvalue weighted by Gasteiger charge is 2.71. The molecule has 0 bridgehead atoms. The molecule has 0 aromatic carbocycles. The molecule has 5 aliphatic carbocycles. The van der Waals surface area contributed by atoms with E-state index in [1.807, 2.05) is 0 Å². The second-order valence-electron chi connectivity index (χ2n) is 16.9. The summed E-state index contributed by atoms with van der Waals surface area (Å²) < 4.78 is 5.54. The molecule has 1 saturated heterocycles. The van der Waals surface area contributed by atoms with Gasteiger partial charge in [0.15, 0.2) is 0 Å². The van der Waals surface area contributed by atoms with Crippen LogP contribution in [-0.4, -0.2) is 59.4 Å². The number of nitrogens with one attached hydrogen (secondary N) is 2. The van der Waals surface area contributed by atoms with E-state index in [1.165, 1.54) is 55.4 Å². The SMILES string of the molecule is C=C(C)[C@@H]1CC[C@]2(NC(=O)CN3CCOCC3)CC[C@]3(C)[C@H](CC[C@@H]4[C@@]5(C)Cc6cn[nH]c6C(C)(C)[C@@H]5CC[C@]43C)[C@@H]12. The second kappa shape index (κ2) is 9.67. The average Bonchev–Trinajstić information content (AvgIpc) is 3.55. The number of rotatable bonds is 4. The van der Waals surface area contributed by atoms with Crippen molar-refractivity contribution in [1.82, 2.24) is 20.4 Å². The number of H-pyrrole nitrogens is 1. The van der Waals surface area contributed by atoms with Crippen molar-refractivity contribution in [2.75, 3.05) is 32.8 Å². The minimum atomic E-state index is -0.0833. The molecule has 2 N–H and O–H groups in total. The van der Waals surface area contributed by atoms with Crippen LogP contribution in [0.15, 0.2) is 18.3 Å². The number of hydrogen-bond donors (Lipinski definition) is 2. The predicted octanol–water partition coefficient (Wildman–Crippen LogP) is 6.28. The fourth-order valence-corrected chi connectivity index (χ4v) is 13.0. The van der Waals surface area contributed by atoms with E-state index in [4.69, 9.17) is 4.74 Å². The van der Waals surface area contributed by atoms with E-state index in [0.717, 1.165) is 45.6 Å². The summed E-state index contributed by atoms with van der Waals surface area (Å²) in [4.78, 5) is 15.9. The first-order chi connectivity index (χ1) is 19.9. The number of carbonyl (C=O) groups is 1. The van der Waals surface area contributed by atoms with Crippen LogP contribution in [0.4, 0.5) is 0 Å². The molecule has 0 unspecified atom stereocenters. The fraction of sp³-hybridized carbons (Fsp3) is 0.833. The lowest BCUT2D eigenvalue weighted by Gasteiger charge is -2.72. The third kappa shape index (κ3) is 3.88. The Kier molecular flexibility index (Phi) is 6.69. The lowest BCUT2D eigenvalue weighted by atomic mass is 9.33. The summed E-state index contributed by atoms with van der Waals surface area (Å²) in [5, 5.41) is 11.7. The molecule has 1 aromatic rings. The Hall–Kier alpha value is -1.66. The molecule has 4 saturated carbocycles. The third-order valence-corrected chi connectivity index (χ3v) is 15.0. The number of carbonyl (C=O) groups excluding carboxylic acids is 1. The van der Waals surface area contributed by atoms with Crippen LogP contribution in [0.25, 0.3) is 0 Å². The molecule has 42 heavy (non-hydrogen) atoms. The van der Waals surface area contributed by atoms with E-state index >= 15 is 0 Å². The summed E-state index contributed by atoms with van der Waals surface area (Å²) in [6.45, 7) is 23.5. The van der Waals surface area contributed by atoms with Gasteiger partial charge in [-0.15, -0.1) is 0 Å². The molecule has 6 aliphatic rings. The topological polar surface area (TPSA) is 70.2 Å². The molecular weight excluding hydrogens is 520 g/mol. The van der Waals surface area contributed by atoms with E-state index in [2.05, 4.69) is 74.7 Å². The maximum Gasteiger partial charge on any atom is 0.234 e. The normalized spacial score (nSPS) is 46.0. The molecule has 1 amide bonds. The van der Waals surface area contributed by atoms with Gasteiger partial charge in [-0.25, -0.2) is 0 Å². The third-order valence-electron chi connectivity index (χ3n) is 15.0. The molecule has 232 valence electrons. The van der Waals surface area contributed by atoms with E-state index in [9.17, 15) is 4.79 Å². The Morgan fingerprint density at radius 2 is 1.79 bits per heavy atom. The quantitative estimate of drug-likeness (QED) is 0.414. The second-order valence-corrected chi connectivity index (χ2v) is 16.9. The highest BCUT2D eigenvalue weighted by Crippen LogP contribution is 2.76. The summed E-state index contributed by atoms with van der Waals surface area (Å²) in [6, 6.07) is 0. The van der Waals surface area contributed by atoms with Gasteiger partial charge in [0.2, 0.25) is 5.91 Å². The largest absolute Gasteiger partial charge is 0.379 e. The molecule has 2 heterocycles. The molecule has 0 spiro atoms. The number of morpholine rings is 1. The van der Waals surface area contributed by atoms with Crippen molar-refractivity contribution in [2.45, 2.75) is 110 Å². The zero-order chi connectivity index (χ0) is 29.7. The van der Waals surface area contributed by atoms with Gasteiger partial charge >= 0.3 is 0 Å². The van der Waals surface area contributed by atoms with Crippen LogP contribution in [0.1, 0.15) is 104 Å². The smallest absolute Gasteiger partial charge is 0.234 e. The van der Waals surface area contributed by atoms with Crippen molar-refractivity contribution in [2.24, 2.45) is 45.8 Å². The molecule has 1 aromatic heterocycles. The molecule has 6 heteroatoms. The zero-order valence-corrected chi connectivity index (χ0v) is 27.3.